The summed E-state index contributed by atoms with van der Waals surface area (Å²) in [5.41, 5.74) is 5.46. The predicted molar refractivity (Wildman–Crippen MR) is 63.8 cm³/mol. The van der Waals surface area contributed by atoms with Gasteiger partial charge in [-0.15, -0.1) is 0 Å². The van der Waals surface area contributed by atoms with Gasteiger partial charge in [0.05, 0.1) is 0 Å². The predicted octanol–water partition coefficient (Wildman–Crippen LogP) is 2.37. The Hall–Kier alpha value is -0.370. The fourth-order valence-electron chi connectivity index (χ4n) is 4.90. The number of carbonyl (C=O) groups excluding carboxylic acids is 1. The lowest BCUT2D eigenvalue weighted by Crippen LogP contribution is -2.45. The molecule has 0 amide bonds. The van der Waals surface area contributed by atoms with Gasteiger partial charge in [0.2, 0.25) is 0 Å². The number of Topliss-reactive ketones (excluding diaryl/α,β-unsaturated/α-hetero) is 1. The van der Waals surface area contributed by atoms with Crippen molar-refractivity contribution in [3.05, 3.63) is 0 Å². The summed E-state index contributed by atoms with van der Waals surface area (Å²) in [5.74, 6) is 4.95. The molecule has 0 aromatic carbocycles. The molecule has 0 atom stereocenters. The summed E-state index contributed by atoms with van der Waals surface area (Å²) >= 11 is 0. The highest BCUT2D eigenvalue weighted by Gasteiger charge is 2.48. The van der Waals surface area contributed by atoms with Gasteiger partial charge < -0.3 is 5.73 Å². The van der Waals surface area contributed by atoms with Crippen LogP contribution in [0.5, 0.6) is 0 Å². The van der Waals surface area contributed by atoms with Gasteiger partial charge in [0, 0.05) is 12.8 Å². The van der Waals surface area contributed by atoms with Crippen molar-refractivity contribution in [2.45, 2.75) is 44.9 Å². The molecule has 0 aromatic rings. The van der Waals surface area contributed by atoms with Crippen LogP contribution in [0, 0.1) is 29.6 Å². The van der Waals surface area contributed by atoms with E-state index in [1.165, 1.54) is 32.1 Å². The molecule has 4 aliphatic rings. The van der Waals surface area contributed by atoms with Crippen LogP contribution in [0.15, 0.2) is 0 Å². The van der Waals surface area contributed by atoms with Crippen LogP contribution in [0.4, 0.5) is 0 Å². The number of hydrogen-bond donors (Lipinski definition) is 1. The summed E-state index contributed by atoms with van der Waals surface area (Å²) < 4.78 is 0. The maximum Gasteiger partial charge on any atom is 0.134 e. The minimum absolute atomic E-state index is 0.417. The lowest BCUT2D eigenvalue weighted by Gasteiger charge is -2.54. The van der Waals surface area contributed by atoms with Crippen LogP contribution in [0.25, 0.3) is 0 Å². The molecule has 0 heterocycles. The summed E-state index contributed by atoms with van der Waals surface area (Å²) in [7, 11) is 0. The normalized spacial score (nSPS) is 44.9. The summed E-state index contributed by atoms with van der Waals surface area (Å²) in [4.78, 5) is 11.8. The van der Waals surface area contributed by atoms with Crippen molar-refractivity contribution in [2.75, 3.05) is 6.54 Å². The third-order valence-electron chi connectivity index (χ3n) is 5.31. The summed E-state index contributed by atoms with van der Waals surface area (Å²) in [6, 6.07) is 0. The highest BCUT2D eigenvalue weighted by molar-refractivity contribution is 5.78. The lowest BCUT2D eigenvalue weighted by atomic mass is 9.51. The van der Waals surface area contributed by atoms with Crippen molar-refractivity contribution in [3.8, 4) is 0 Å². The molecule has 2 N–H and O–H groups in total. The molecule has 90 valence electrons. The van der Waals surface area contributed by atoms with Crippen molar-refractivity contribution < 1.29 is 4.79 Å². The van der Waals surface area contributed by atoms with Crippen LogP contribution in [-0.2, 0) is 4.79 Å². The van der Waals surface area contributed by atoms with Crippen LogP contribution < -0.4 is 5.73 Å². The molecule has 4 fully saturated rings. The molecular weight excluding hydrogens is 198 g/mol. The fraction of sp³-hybridized carbons (Fsp3) is 0.929. The first-order valence-electron chi connectivity index (χ1n) is 6.98. The maximum atomic E-state index is 11.8. The molecule has 0 unspecified atom stereocenters. The van der Waals surface area contributed by atoms with E-state index >= 15 is 0 Å². The van der Waals surface area contributed by atoms with Gasteiger partial charge in [0.1, 0.15) is 5.78 Å². The van der Waals surface area contributed by atoms with E-state index in [0.717, 1.165) is 36.0 Å². The van der Waals surface area contributed by atoms with E-state index in [1.807, 2.05) is 0 Å². The summed E-state index contributed by atoms with van der Waals surface area (Å²) in [6.45, 7) is 0.534. The SMILES string of the molecule is NCCC(=O)CC1C2CC3CC(C2)CC1C3. The molecule has 4 rings (SSSR count). The zero-order valence-corrected chi connectivity index (χ0v) is 10.0. The monoisotopic (exact) mass is 221 g/mol. The van der Waals surface area contributed by atoms with E-state index in [9.17, 15) is 4.79 Å². The minimum Gasteiger partial charge on any atom is -0.330 e. The quantitative estimate of drug-likeness (QED) is 0.792. The van der Waals surface area contributed by atoms with Gasteiger partial charge in [-0.05, 0) is 68.2 Å². The largest absolute Gasteiger partial charge is 0.330 e. The van der Waals surface area contributed by atoms with Gasteiger partial charge in [-0.25, -0.2) is 0 Å². The Labute approximate surface area is 98.0 Å². The molecule has 0 saturated heterocycles. The van der Waals surface area contributed by atoms with Crippen LogP contribution in [0.3, 0.4) is 0 Å². The Kier molecular flexibility index (Phi) is 2.78. The molecule has 2 heteroatoms. The molecule has 4 bridgehead atoms. The molecule has 0 aliphatic heterocycles. The summed E-state index contributed by atoms with van der Waals surface area (Å²) in [6.07, 6.45) is 8.63. The first-order valence-corrected chi connectivity index (χ1v) is 6.98. The zero-order chi connectivity index (χ0) is 11.1. The van der Waals surface area contributed by atoms with Crippen LogP contribution in [0.2, 0.25) is 0 Å². The fourth-order valence-corrected chi connectivity index (χ4v) is 4.90. The first-order chi connectivity index (χ1) is 7.76. The third-order valence-corrected chi connectivity index (χ3v) is 5.31. The highest BCUT2D eigenvalue weighted by atomic mass is 16.1. The van der Waals surface area contributed by atoms with E-state index in [0.29, 0.717) is 18.7 Å². The van der Waals surface area contributed by atoms with Gasteiger partial charge in [-0.1, -0.05) is 0 Å². The van der Waals surface area contributed by atoms with Crippen molar-refractivity contribution in [1.82, 2.24) is 0 Å². The molecule has 4 aliphatic carbocycles. The Balaban J connectivity index is 1.65. The lowest BCUT2D eigenvalue weighted by molar-refractivity contribution is -0.124. The Morgan fingerprint density at radius 3 is 2.06 bits per heavy atom. The maximum absolute atomic E-state index is 11.8. The molecule has 0 spiro atoms. The van der Waals surface area contributed by atoms with Crippen LogP contribution >= 0.6 is 0 Å². The number of ketones is 1. The first kappa shape index (κ1) is 10.8. The standard InChI is InChI=1S/C14H23NO/c15-2-1-13(16)8-14-11-4-9-3-10(6-11)7-12(14)5-9/h9-12,14H,1-8,15H2. The van der Waals surface area contributed by atoms with E-state index in [4.69, 9.17) is 5.73 Å². The van der Waals surface area contributed by atoms with Gasteiger partial charge in [-0.3, -0.25) is 4.79 Å². The van der Waals surface area contributed by atoms with Gasteiger partial charge >= 0.3 is 0 Å². The average Bonchev–Trinajstić information content (AvgIpc) is 2.23. The Morgan fingerprint density at radius 2 is 1.56 bits per heavy atom. The second-order valence-corrected chi connectivity index (χ2v) is 6.38. The zero-order valence-electron chi connectivity index (χ0n) is 10.0. The van der Waals surface area contributed by atoms with Crippen molar-refractivity contribution >= 4 is 5.78 Å². The van der Waals surface area contributed by atoms with Crippen molar-refractivity contribution in [2.24, 2.45) is 35.3 Å². The van der Waals surface area contributed by atoms with Gasteiger partial charge in [0.15, 0.2) is 0 Å². The van der Waals surface area contributed by atoms with Crippen molar-refractivity contribution in [3.63, 3.8) is 0 Å². The van der Waals surface area contributed by atoms with Gasteiger partial charge in [0.25, 0.3) is 0 Å². The number of rotatable bonds is 4. The third kappa shape index (κ3) is 1.81. The Morgan fingerprint density at radius 1 is 1.00 bits per heavy atom. The molecule has 2 nitrogen and oxygen atoms in total. The molecule has 0 radical (unpaired) electrons. The van der Waals surface area contributed by atoms with Gasteiger partial charge in [-0.2, -0.15) is 0 Å². The number of hydrogen-bond acceptors (Lipinski definition) is 2. The number of carbonyl (C=O) groups is 1. The molecule has 0 aromatic heterocycles. The second kappa shape index (κ2) is 4.14. The van der Waals surface area contributed by atoms with Crippen LogP contribution in [-0.4, -0.2) is 12.3 Å². The van der Waals surface area contributed by atoms with E-state index in [2.05, 4.69) is 0 Å². The Bertz CT molecular complexity index is 258. The smallest absolute Gasteiger partial charge is 0.134 e. The molecule has 16 heavy (non-hydrogen) atoms. The number of nitrogens with two attached hydrogens (primary N) is 1. The van der Waals surface area contributed by atoms with E-state index < -0.39 is 0 Å². The van der Waals surface area contributed by atoms with Crippen LogP contribution in [0.1, 0.15) is 44.9 Å². The topological polar surface area (TPSA) is 43.1 Å². The van der Waals surface area contributed by atoms with E-state index in [1.54, 1.807) is 0 Å². The molecule has 4 saturated carbocycles. The van der Waals surface area contributed by atoms with E-state index in [-0.39, 0.29) is 0 Å². The van der Waals surface area contributed by atoms with Crippen molar-refractivity contribution in [1.29, 1.82) is 0 Å². The second-order valence-electron chi connectivity index (χ2n) is 6.38. The average molecular weight is 221 g/mol. The highest BCUT2D eigenvalue weighted by Crippen LogP contribution is 2.57. The molecular formula is C14H23NO. The minimum atomic E-state index is 0.417. The summed E-state index contributed by atoms with van der Waals surface area (Å²) in [5, 5.41) is 0.